The van der Waals surface area contributed by atoms with E-state index in [2.05, 4.69) is 31.2 Å². The van der Waals surface area contributed by atoms with Gasteiger partial charge in [0.2, 0.25) is 11.8 Å². The smallest absolute Gasteiger partial charge is 0.226 e. The quantitative estimate of drug-likeness (QED) is 0.874. The van der Waals surface area contributed by atoms with Crippen LogP contribution in [0.15, 0.2) is 36.7 Å². The molecule has 1 aliphatic heterocycles. The van der Waals surface area contributed by atoms with Crippen molar-refractivity contribution in [2.45, 2.75) is 18.9 Å². The number of ether oxygens (including phenoxy) is 1. The average molecular weight is 299 g/mol. The second kappa shape index (κ2) is 7.17. The Morgan fingerprint density at radius 1 is 1.27 bits per heavy atom. The third-order valence-electron chi connectivity index (χ3n) is 3.86. The van der Waals surface area contributed by atoms with Gasteiger partial charge < -0.3 is 15.0 Å². The summed E-state index contributed by atoms with van der Waals surface area (Å²) in [5, 5.41) is 3.38. The fourth-order valence-corrected chi connectivity index (χ4v) is 2.68. The molecular weight excluding hydrogens is 278 g/mol. The van der Waals surface area contributed by atoms with Crippen LogP contribution in [-0.2, 0) is 6.42 Å². The van der Waals surface area contributed by atoms with Gasteiger partial charge in [-0.3, -0.25) is 4.98 Å². The minimum Gasteiger partial charge on any atom is -0.481 e. The average Bonchev–Trinajstić information content (AvgIpc) is 3.01. The minimum absolute atomic E-state index is 0.385. The second-order valence-electron chi connectivity index (χ2n) is 5.42. The van der Waals surface area contributed by atoms with Gasteiger partial charge in [0.05, 0.1) is 7.11 Å². The van der Waals surface area contributed by atoms with E-state index in [4.69, 9.17) is 4.74 Å². The Hall–Kier alpha value is -2.21. The number of hydrogen-bond donors (Lipinski definition) is 1. The van der Waals surface area contributed by atoms with E-state index < -0.39 is 0 Å². The maximum Gasteiger partial charge on any atom is 0.226 e. The van der Waals surface area contributed by atoms with E-state index in [-0.39, 0.29) is 0 Å². The summed E-state index contributed by atoms with van der Waals surface area (Å²) in [6, 6.07) is 8.20. The Balaban J connectivity index is 1.47. The summed E-state index contributed by atoms with van der Waals surface area (Å²) in [4.78, 5) is 15.4. The van der Waals surface area contributed by atoms with E-state index in [9.17, 15) is 0 Å². The summed E-state index contributed by atoms with van der Waals surface area (Å²) in [5.41, 5.74) is 1.15. The molecule has 116 valence electrons. The molecule has 1 aliphatic rings. The molecule has 22 heavy (non-hydrogen) atoms. The number of likely N-dealkylation sites (tertiary alicyclic amines) is 1. The predicted octanol–water partition coefficient (Wildman–Crippen LogP) is 1.61. The number of aromatic nitrogens is 3. The summed E-state index contributed by atoms with van der Waals surface area (Å²) in [5.74, 6) is 1.22. The summed E-state index contributed by atoms with van der Waals surface area (Å²) >= 11 is 0. The zero-order valence-electron chi connectivity index (χ0n) is 12.8. The van der Waals surface area contributed by atoms with Crippen molar-refractivity contribution in [3.05, 3.63) is 42.4 Å². The van der Waals surface area contributed by atoms with Crippen molar-refractivity contribution in [2.24, 2.45) is 0 Å². The monoisotopic (exact) mass is 299 g/mol. The van der Waals surface area contributed by atoms with Crippen molar-refractivity contribution < 1.29 is 4.74 Å². The fraction of sp³-hybridized carbons (Fsp3) is 0.438. The van der Waals surface area contributed by atoms with Crippen molar-refractivity contribution in [1.29, 1.82) is 0 Å². The van der Waals surface area contributed by atoms with Gasteiger partial charge in [0.15, 0.2) is 0 Å². The molecule has 1 unspecified atom stereocenters. The van der Waals surface area contributed by atoms with E-state index in [1.54, 1.807) is 19.4 Å². The molecule has 1 N–H and O–H groups in total. The molecule has 1 atom stereocenters. The topological polar surface area (TPSA) is 63.2 Å². The van der Waals surface area contributed by atoms with Gasteiger partial charge in [0.25, 0.3) is 0 Å². The number of pyridine rings is 1. The largest absolute Gasteiger partial charge is 0.481 e. The van der Waals surface area contributed by atoms with Gasteiger partial charge in [0, 0.05) is 56.3 Å². The molecule has 0 bridgehead atoms. The van der Waals surface area contributed by atoms with E-state index in [0.717, 1.165) is 38.2 Å². The lowest BCUT2D eigenvalue weighted by molar-refractivity contribution is 0.339. The Morgan fingerprint density at radius 3 is 3.05 bits per heavy atom. The van der Waals surface area contributed by atoms with Crippen LogP contribution in [-0.4, -0.2) is 52.6 Å². The molecule has 2 aromatic heterocycles. The molecular formula is C16H21N5O. The van der Waals surface area contributed by atoms with Crippen LogP contribution in [0.5, 0.6) is 5.88 Å². The third kappa shape index (κ3) is 3.92. The second-order valence-corrected chi connectivity index (χ2v) is 5.42. The van der Waals surface area contributed by atoms with Gasteiger partial charge in [-0.25, -0.2) is 4.98 Å². The zero-order chi connectivity index (χ0) is 15.2. The molecule has 6 nitrogen and oxygen atoms in total. The van der Waals surface area contributed by atoms with Gasteiger partial charge >= 0.3 is 0 Å². The Labute approximate surface area is 130 Å². The van der Waals surface area contributed by atoms with Crippen LogP contribution in [0, 0.1) is 0 Å². The SMILES string of the molecule is COc1ccnc(NC2CCN(CCc3ccccn3)C2)n1. The number of nitrogens with zero attached hydrogens (tertiary/aromatic N) is 4. The molecule has 3 heterocycles. The Morgan fingerprint density at radius 2 is 2.23 bits per heavy atom. The number of rotatable bonds is 6. The molecule has 0 spiro atoms. The molecule has 1 fully saturated rings. The highest BCUT2D eigenvalue weighted by molar-refractivity contribution is 5.29. The van der Waals surface area contributed by atoms with Crippen LogP contribution in [0.3, 0.4) is 0 Å². The summed E-state index contributed by atoms with van der Waals surface area (Å²) in [7, 11) is 1.61. The molecule has 2 aromatic rings. The van der Waals surface area contributed by atoms with Crippen molar-refractivity contribution in [1.82, 2.24) is 19.9 Å². The third-order valence-corrected chi connectivity index (χ3v) is 3.86. The van der Waals surface area contributed by atoms with Crippen LogP contribution in [0.25, 0.3) is 0 Å². The Kier molecular flexibility index (Phi) is 4.80. The first-order valence-corrected chi connectivity index (χ1v) is 7.59. The molecule has 3 rings (SSSR count). The first-order chi connectivity index (χ1) is 10.8. The van der Waals surface area contributed by atoms with E-state index >= 15 is 0 Å². The van der Waals surface area contributed by atoms with Crippen LogP contribution in [0.1, 0.15) is 12.1 Å². The lowest BCUT2D eigenvalue weighted by atomic mass is 10.2. The highest BCUT2D eigenvalue weighted by Gasteiger charge is 2.22. The highest BCUT2D eigenvalue weighted by atomic mass is 16.5. The van der Waals surface area contributed by atoms with Crippen LogP contribution < -0.4 is 10.1 Å². The van der Waals surface area contributed by atoms with E-state index in [0.29, 0.717) is 17.9 Å². The summed E-state index contributed by atoms with van der Waals surface area (Å²) in [6.45, 7) is 3.13. The number of methoxy groups -OCH3 is 1. The van der Waals surface area contributed by atoms with E-state index in [1.807, 2.05) is 18.3 Å². The predicted molar refractivity (Wildman–Crippen MR) is 85.0 cm³/mol. The summed E-state index contributed by atoms with van der Waals surface area (Å²) in [6.07, 6.45) is 5.65. The molecule has 0 aromatic carbocycles. The van der Waals surface area contributed by atoms with Gasteiger partial charge in [-0.1, -0.05) is 6.07 Å². The van der Waals surface area contributed by atoms with Crippen LogP contribution in [0.2, 0.25) is 0 Å². The standard InChI is InChI=1S/C16H21N5O/c1-22-15-5-9-18-16(20-15)19-14-7-11-21(12-14)10-6-13-4-2-3-8-17-13/h2-5,8-9,14H,6-7,10-12H2,1H3,(H,18,19,20). The van der Waals surface area contributed by atoms with Crippen LogP contribution in [0.4, 0.5) is 5.95 Å². The van der Waals surface area contributed by atoms with Gasteiger partial charge in [-0.15, -0.1) is 0 Å². The molecule has 0 amide bonds. The highest BCUT2D eigenvalue weighted by Crippen LogP contribution is 2.15. The van der Waals surface area contributed by atoms with Crippen LogP contribution >= 0.6 is 0 Å². The molecule has 0 saturated carbocycles. The maximum atomic E-state index is 5.12. The van der Waals surface area contributed by atoms with Gasteiger partial charge in [-0.2, -0.15) is 4.98 Å². The molecule has 1 saturated heterocycles. The molecule has 0 radical (unpaired) electrons. The normalized spacial score (nSPS) is 18.3. The van der Waals surface area contributed by atoms with Crippen molar-refractivity contribution in [2.75, 3.05) is 32.1 Å². The molecule has 0 aliphatic carbocycles. The molecule has 6 heteroatoms. The zero-order valence-corrected chi connectivity index (χ0v) is 12.8. The van der Waals surface area contributed by atoms with Crippen molar-refractivity contribution in [3.63, 3.8) is 0 Å². The lowest BCUT2D eigenvalue weighted by Crippen LogP contribution is -2.28. The van der Waals surface area contributed by atoms with Crippen molar-refractivity contribution in [3.8, 4) is 5.88 Å². The van der Waals surface area contributed by atoms with Gasteiger partial charge in [0.1, 0.15) is 0 Å². The van der Waals surface area contributed by atoms with E-state index in [1.165, 1.54) is 0 Å². The number of anilines is 1. The van der Waals surface area contributed by atoms with Gasteiger partial charge in [-0.05, 0) is 18.6 Å². The lowest BCUT2D eigenvalue weighted by Gasteiger charge is -2.16. The first-order valence-electron chi connectivity index (χ1n) is 7.59. The minimum atomic E-state index is 0.385. The summed E-state index contributed by atoms with van der Waals surface area (Å²) < 4.78 is 5.12. The van der Waals surface area contributed by atoms with Crippen molar-refractivity contribution >= 4 is 5.95 Å². The Bertz CT molecular complexity index is 592. The number of hydrogen-bond acceptors (Lipinski definition) is 6. The maximum absolute atomic E-state index is 5.12. The fourth-order valence-electron chi connectivity index (χ4n) is 2.68. The first kappa shape index (κ1) is 14.7. The number of nitrogens with one attached hydrogen (secondary N) is 1.